The van der Waals surface area contributed by atoms with Crippen LogP contribution < -0.4 is 10.1 Å². The molecule has 1 saturated heterocycles. The fraction of sp³-hybridized carbons (Fsp3) is 0.136. The molecule has 1 aliphatic heterocycles. The van der Waals surface area contributed by atoms with Crippen molar-refractivity contribution in [2.75, 3.05) is 7.11 Å². The van der Waals surface area contributed by atoms with Crippen LogP contribution in [-0.2, 0) is 4.74 Å². The highest BCUT2D eigenvalue weighted by Gasteiger charge is 2.36. The minimum atomic E-state index is -0.468. The molecule has 0 saturated carbocycles. The van der Waals surface area contributed by atoms with Crippen LogP contribution in [0.15, 0.2) is 66.9 Å². The van der Waals surface area contributed by atoms with Crippen molar-refractivity contribution < 1.29 is 14.3 Å². The fourth-order valence-corrected chi connectivity index (χ4v) is 3.34. The van der Waals surface area contributed by atoms with Crippen LogP contribution in [0.3, 0.4) is 0 Å². The minimum Gasteiger partial charge on any atom is -0.497 e. The van der Waals surface area contributed by atoms with Crippen LogP contribution in [0.25, 0.3) is 11.1 Å². The first-order valence-electron chi connectivity index (χ1n) is 8.75. The minimum absolute atomic E-state index is 0.336. The van der Waals surface area contributed by atoms with Crippen LogP contribution >= 0.6 is 0 Å². The van der Waals surface area contributed by atoms with Crippen LogP contribution in [0.1, 0.15) is 29.0 Å². The zero-order valence-electron chi connectivity index (χ0n) is 15.1. The summed E-state index contributed by atoms with van der Waals surface area (Å²) in [6.45, 7) is 0. The van der Waals surface area contributed by atoms with E-state index < -0.39 is 12.2 Å². The van der Waals surface area contributed by atoms with Crippen molar-refractivity contribution in [1.82, 2.24) is 10.3 Å². The SMILES string of the molecule is COc1cccc([C@H]2OC(=O)N[C@@H]2c2cccc(-c3ccnc(C#N)c3)c2)c1. The molecular weight excluding hydrogens is 354 g/mol. The maximum atomic E-state index is 12.0. The Morgan fingerprint density at radius 1 is 1.07 bits per heavy atom. The number of methoxy groups -OCH3 is 1. The lowest BCUT2D eigenvalue weighted by Crippen LogP contribution is -2.19. The van der Waals surface area contributed by atoms with E-state index in [1.165, 1.54) is 0 Å². The maximum absolute atomic E-state index is 12.0. The summed E-state index contributed by atoms with van der Waals surface area (Å²) in [7, 11) is 1.60. The summed E-state index contributed by atoms with van der Waals surface area (Å²) in [5.74, 6) is 0.703. The largest absolute Gasteiger partial charge is 0.497 e. The highest BCUT2D eigenvalue weighted by molar-refractivity contribution is 5.72. The molecule has 1 N–H and O–H groups in total. The average molecular weight is 371 g/mol. The molecule has 28 heavy (non-hydrogen) atoms. The third-order valence-corrected chi connectivity index (χ3v) is 4.69. The topological polar surface area (TPSA) is 84.2 Å². The molecule has 1 aromatic heterocycles. The number of nitriles is 1. The van der Waals surface area contributed by atoms with Gasteiger partial charge in [-0.2, -0.15) is 5.26 Å². The summed E-state index contributed by atoms with van der Waals surface area (Å²) < 4.78 is 10.8. The number of carbonyl (C=O) groups excluding carboxylic acids is 1. The van der Waals surface area contributed by atoms with Gasteiger partial charge in [-0.25, -0.2) is 9.78 Å². The molecular formula is C22H17N3O3. The molecule has 138 valence electrons. The highest BCUT2D eigenvalue weighted by Crippen LogP contribution is 2.38. The molecule has 0 radical (unpaired) electrons. The van der Waals surface area contributed by atoms with Crippen molar-refractivity contribution in [2.45, 2.75) is 12.1 Å². The molecule has 1 fully saturated rings. The smallest absolute Gasteiger partial charge is 0.408 e. The Kier molecular flexibility index (Phi) is 4.65. The number of hydrogen-bond acceptors (Lipinski definition) is 5. The van der Waals surface area contributed by atoms with Crippen molar-refractivity contribution in [3.8, 4) is 22.9 Å². The van der Waals surface area contributed by atoms with E-state index in [0.717, 1.165) is 22.3 Å². The van der Waals surface area contributed by atoms with Gasteiger partial charge in [-0.05, 0) is 52.6 Å². The lowest BCUT2D eigenvalue weighted by molar-refractivity contribution is 0.132. The predicted molar refractivity (Wildman–Crippen MR) is 102 cm³/mol. The Balaban J connectivity index is 1.71. The Labute approximate surface area is 162 Å². The number of nitrogens with one attached hydrogen (secondary N) is 1. The van der Waals surface area contributed by atoms with Gasteiger partial charge in [0.1, 0.15) is 17.5 Å². The van der Waals surface area contributed by atoms with Crippen LogP contribution in [0.2, 0.25) is 0 Å². The number of hydrogen-bond donors (Lipinski definition) is 1. The number of cyclic esters (lactones) is 1. The first-order valence-corrected chi connectivity index (χ1v) is 8.75. The second kappa shape index (κ2) is 7.41. The normalized spacial score (nSPS) is 18.1. The zero-order valence-corrected chi connectivity index (χ0v) is 15.1. The Hall–Kier alpha value is -3.85. The third-order valence-electron chi connectivity index (χ3n) is 4.69. The average Bonchev–Trinajstić information content (AvgIpc) is 3.15. The van der Waals surface area contributed by atoms with Gasteiger partial charge >= 0.3 is 6.09 Å². The van der Waals surface area contributed by atoms with Gasteiger partial charge in [-0.3, -0.25) is 0 Å². The molecule has 3 aromatic rings. The predicted octanol–water partition coefficient (Wildman–Crippen LogP) is 4.15. The number of rotatable bonds is 4. The van der Waals surface area contributed by atoms with E-state index >= 15 is 0 Å². The first kappa shape index (κ1) is 17.6. The number of amides is 1. The maximum Gasteiger partial charge on any atom is 0.408 e. The molecule has 0 bridgehead atoms. The zero-order chi connectivity index (χ0) is 19.5. The van der Waals surface area contributed by atoms with E-state index in [4.69, 9.17) is 14.7 Å². The van der Waals surface area contributed by atoms with Gasteiger partial charge in [0, 0.05) is 6.20 Å². The summed E-state index contributed by atoms with van der Waals surface area (Å²) in [6, 6.07) is 20.6. The number of pyridine rings is 1. The van der Waals surface area contributed by atoms with Crippen molar-refractivity contribution in [2.24, 2.45) is 0 Å². The van der Waals surface area contributed by atoms with E-state index in [9.17, 15) is 4.79 Å². The third kappa shape index (κ3) is 3.38. The molecule has 4 rings (SSSR count). The number of nitrogens with zero attached hydrogens (tertiary/aromatic N) is 2. The van der Waals surface area contributed by atoms with Gasteiger partial charge in [0.05, 0.1) is 13.2 Å². The number of aromatic nitrogens is 1. The monoisotopic (exact) mass is 371 g/mol. The fourth-order valence-electron chi connectivity index (χ4n) is 3.34. The van der Waals surface area contributed by atoms with Gasteiger partial charge in [0.2, 0.25) is 0 Å². The van der Waals surface area contributed by atoms with Crippen molar-refractivity contribution >= 4 is 6.09 Å². The number of alkyl carbamates (subject to hydrolysis) is 1. The molecule has 0 aliphatic carbocycles. The quantitative estimate of drug-likeness (QED) is 0.745. The van der Waals surface area contributed by atoms with Crippen LogP contribution in [0, 0.1) is 11.3 Å². The first-order chi connectivity index (χ1) is 13.7. The molecule has 0 unspecified atom stereocenters. The van der Waals surface area contributed by atoms with Gasteiger partial charge in [-0.1, -0.05) is 30.3 Å². The van der Waals surface area contributed by atoms with Crippen LogP contribution in [0.4, 0.5) is 4.79 Å². The van der Waals surface area contributed by atoms with E-state index in [1.807, 2.05) is 54.6 Å². The molecule has 2 heterocycles. The molecule has 6 heteroatoms. The van der Waals surface area contributed by atoms with Gasteiger partial charge < -0.3 is 14.8 Å². The van der Waals surface area contributed by atoms with E-state index in [0.29, 0.717) is 11.4 Å². The molecule has 1 amide bonds. The number of benzene rings is 2. The molecule has 2 aromatic carbocycles. The van der Waals surface area contributed by atoms with Crippen molar-refractivity contribution in [1.29, 1.82) is 5.26 Å². The second-order valence-corrected chi connectivity index (χ2v) is 6.39. The summed E-state index contributed by atoms with van der Waals surface area (Å²) in [4.78, 5) is 16.0. The van der Waals surface area contributed by atoms with E-state index in [-0.39, 0.29) is 6.04 Å². The summed E-state index contributed by atoms with van der Waals surface area (Å²) in [6.07, 6.45) is 0.684. The summed E-state index contributed by atoms with van der Waals surface area (Å²) in [5, 5.41) is 12.0. The van der Waals surface area contributed by atoms with Crippen molar-refractivity contribution in [3.05, 3.63) is 83.7 Å². The highest BCUT2D eigenvalue weighted by atomic mass is 16.6. The van der Waals surface area contributed by atoms with Gasteiger partial charge in [0.15, 0.2) is 6.10 Å². The van der Waals surface area contributed by atoms with Crippen LogP contribution in [0.5, 0.6) is 5.75 Å². The Morgan fingerprint density at radius 2 is 1.86 bits per heavy atom. The van der Waals surface area contributed by atoms with E-state index in [1.54, 1.807) is 19.4 Å². The summed E-state index contributed by atoms with van der Waals surface area (Å²) in [5.41, 5.74) is 3.93. The molecule has 6 nitrogen and oxygen atoms in total. The van der Waals surface area contributed by atoms with E-state index in [2.05, 4.69) is 16.4 Å². The summed E-state index contributed by atoms with van der Waals surface area (Å²) >= 11 is 0. The standard InChI is InChI=1S/C22H17N3O3/c1-27-19-7-3-6-17(12-19)21-20(25-22(26)28-21)16-5-2-4-14(10-16)15-8-9-24-18(11-15)13-23/h2-12,20-21H,1H3,(H,25,26)/t20-,21-/m1/s1. The van der Waals surface area contributed by atoms with Gasteiger partial charge in [0.25, 0.3) is 0 Å². The van der Waals surface area contributed by atoms with Crippen LogP contribution in [-0.4, -0.2) is 18.2 Å². The van der Waals surface area contributed by atoms with Crippen molar-refractivity contribution in [3.63, 3.8) is 0 Å². The number of carbonyl (C=O) groups is 1. The second-order valence-electron chi connectivity index (χ2n) is 6.39. The Bertz CT molecular complexity index is 1070. The molecule has 1 aliphatic rings. The van der Waals surface area contributed by atoms with Gasteiger partial charge in [-0.15, -0.1) is 0 Å². The Morgan fingerprint density at radius 3 is 2.68 bits per heavy atom. The molecule has 2 atom stereocenters. The lowest BCUT2D eigenvalue weighted by atomic mass is 9.94. The molecule has 0 spiro atoms. The number of ether oxygens (including phenoxy) is 2. The lowest BCUT2D eigenvalue weighted by Gasteiger charge is -2.19.